The second-order valence-electron chi connectivity index (χ2n) is 26.3. The second kappa shape index (κ2) is 39.4. The summed E-state index contributed by atoms with van der Waals surface area (Å²) >= 11 is 4.46. The van der Waals surface area contributed by atoms with Crippen LogP contribution >= 0.6 is 20.8 Å². The number of esters is 1. The molecule has 2 saturated heterocycles. The Morgan fingerprint density at radius 2 is 0.907 bits per heavy atom. The number of rotatable bonds is 29. The first-order valence-corrected chi connectivity index (χ1v) is 39.6. The van der Waals surface area contributed by atoms with Gasteiger partial charge in [-0.2, -0.15) is 52.7 Å². The minimum atomic E-state index is -5.04. The maximum Gasteiger partial charge on any atom is 0.416 e. The van der Waals surface area contributed by atoms with Crippen molar-refractivity contribution in [3.63, 3.8) is 0 Å². The standard InChI is InChI=1S/C33H35F6NO5.C26H28F6O3.C24H26BrO2P/c1-23(25-18-27(32(34,35)36)20-28(19-25)33(37,38)39)45-22-31(26-12-6-3-7-13-26,15-8-14-29(40)43-17-9-16-41)30(42)44-21-24-10-4-2-5-11-24;1-18(19-14-21(25(27,28)29)16-22(15-19)26(30,31)32)35-17-24(2,20-8-4-3-5-9-20)11-6-10-23-33-12-7-13-34-23;25-28(21-11-4-1-5-12-21,22-13-6-2-7-14-22,23-15-8-3-9-16-23)20-17-24-26-18-10-19-27-24/h2-8,10-13,15,18-20,23,29,41H,9,14,16-17,21-22,40H2,1H3;3-6,8-9,11,14-16,18,23H,7,10,12-13,17H2,1-2H3;1-9,11-16,24H,10,17-20H2/b15-8-;11-6-;/t23-,29?,31-;18-,24+;/m11./s1. The van der Waals surface area contributed by atoms with E-state index in [1.807, 2.05) is 49.4 Å². The van der Waals surface area contributed by atoms with Gasteiger partial charge in [-0.25, -0.2) is 0 Å². The molecule has 2 heterocycles. The third-order valence-corrected chi connectivity index (χ3v) is 28.3. The predicted molar refractivity (Wildman–Crippen MR) is 397 cm³/mol. The van der Waals surface area contributed by atoms with E-state index in [2.05, 4.69) is 106 Å². The predicted octanol–water partition coefficient (Wildman–Crippen LogP) is 19.6. The molecule has 5 atom stereocenters. The molecule has 582 valence electrons. The molecular formula is C83H89BrF12NO10P. The molecule has 0 amide bonds. The van der Waals surface area contributed by atoms with Crippen LogP contribution in [0.1, 0.15) is 122 Å². The van der Waals surface area contributed by atoms with Crippen LogP contribution in [0.5, 0.6) is 0 Å². The summed E-state index contributed by atoms with van der Waals surface area (Å²) in [5.74, 6) is -0.768. The molecule has 0 aliphatic carbocycles. The largest absolute Gasteiger partial charge is 0.460 e. The molecular weight excluding hydrogens is 1510 g/mol. The van der Waals surface area contributed by atoms with Gasteiger partial charge in [0.2, 0.25) is 0 Å². The van der Waals surface area contributed by atoms with Crippen LogP contribution in [-0.4, -0.2) is 88.9 Å². The third kappa shape index (κ3) is 24.0. The van der Waals surface area contributed by atoms with Crippen molar-refractivity contribution in [2.75, 3.05) is 59.0 Å². The first-order chi connectivity index (χ1) is 51.4. The average Bonchev–Trinajstić information content (AvgIpc) is 0.707. The van der Waals surface area contributed by atoms with Gasteiger partial charge in [-0.3, -0.25) is 4.79 Å². The first kappa shape index (κ1) is 86.0. The van der Waals surface area contributed by atoms with Crippen molar-refractivity contribution in [2.45, 2.75) is 132 Å². The van der Waals surface area contributed by atoms with Crippen LogP contribution in [-0.2, 0) is 84.8 Å². The fraction of sp³-hybridized carbons (Fsp3) is 0.361. The van der Waals surface area contributed by atoms with Crippen molar-refractivity contribution in [3.05, 3.63) is 293 Å². The maximum atomic E-state index is 13.9. The zero-order valence-electron chi connectivity index (χ0n) is 59.9. The molecule has 0 aromatic heterocycles. The Morgan fingerprint density at radius 1 is 0.519 bits per heavy atom. The smallest absolute Gasteiger partial charge is 0.416 e. The van der Waals surface area contributed by atoms with Crippen molar-refractivity contribution in [1.82, 2.24) is 0 Å². The number of benzene rings is 8. The Bertz CT molecular complexity index is 3920. The number of alkyl halides is 12. The summed E-state index contributed by atoms with van der Waals surface area (Å²) in [6, 6.07) is 61.8. The summed E-state index contributed by atoms with van der Waals surface area (Å²) in [5, 5.41) is 10.1. The fourth-order valence-corrected chi connectivity index (χ4v) is 19.8. The van der Waals surface area contributed by atoms with E-state index in [1.54, 1.807) is 66.7 Å². The molecule has 8 aromatic carbocycles. The molecule has 2 aliphatic heterocycles. The SMILES string of the molecule is BrP(CCC1OCCCO1)(c1ccccc1)(c1ccccc1)c1ccccc1.C[C@@H](OC[C@@](/C=C\CC(N)OCCCO)(C(=O)OCc1ccccc1)c1ccccc1)c1cc(C(F)(F)F)cc(C(F)(F)F)c1.C[C@@H](OC[C@](C)(/C=C\CC1OCCCO1)c1ccccc1)c1cc(C(F)(F)F)cc(C(F)(F)F)c1. The average molecular weight is 1600 g/mol. The summed E-state index contributed by atoms with van der Waals surface area (Å²) in [7, 11) is 0. The second-order valence-corrected chi connectivity index (χ2v) is 35.3. The Morgan fingerprint density at radius 3 is 1.32 bits per heavy atom. The van der Waals surface area contributed by atoms with Crippen molar-refractivity contribution in [2.24, 2.45) is 5.73 Å². The molecule has 8 aromatic rings. The maximum absolute atomic E-state index is 13.9. The Balaban J connectivity index is 0.000000210. The summed E-state index contributed by atoms with van der Waals surface area (Å²) < 4.78 is 206. The van der Waals surface area contributed by atoms with Crippen molar-refractivity contribution in [3.8, 4) is 0 Å². The minimum absolute atomic E-state index is 0.0264. The number of halogens is 13. The van der Waals surface area contributed by atoms with Gasteiger partial charge in [0.05, 0.1) is 67.5 Å². The molecule has 2 fully saturated rings. The van der Waals surface area contributed by atoms with E-state index in [-0.39, 0.29) is 68.7 Å². The molecule has 3 N–H and O–H groups in total. The van der Waals surface area contributed by atoms with Gasteiger partial charge >= 0.3 is 206 Å². The Kier molecular flexibility index (Phi) is 31.3. The quantitative estimate of drug-likeness (QED) is 0.0116. The van der Waals surface area contributed by atoms with Crippen LogP contribution in [0, 0.1) is 0 Å². The number of hydrogen-bond acceptors (Lipinski definition) is 11. The molecule has 2 aliphatic rings. The summed E-state index contributed by atoms with van der Waals surface area (Å²) in [4.78, 5) is 13.9. The van der Waals surface area contributed by atoms with E-state index in [0.717, 1.165) is 44.2 Å². The minimum Gasteiger partial charge on any atom is -0.460 e. The van der Waals surface area contributed by atoms with Crippen LogP contribution < -0.4 is 21.6 Å². The first-order valence-electron chi connectivity index (χ1n) is 35.2. The van der Waals surface area contributed by atoms with Gasteiger partial charge in [0, 0.05) is 24.9 Å². The van der Waals surface area contributed by atoms with E-state index < -0.39 is 94.1 Å². The number of carbonyl (C=O) groups excluding carboxylic acids is 1. The van der Waals surface area contributed by atoms with Gasteiger partial charge in [0.15, 0.2) is 6.29 Å². The van der Waals surface area contributed by atoms with E-state index in [0.29, 0.717) is 61.4 Å². The molecule has 0 radical (unpaired) electrons. The molecule has 11 nitrogen and oxygen atoms in total. The van der Waals surface area contributed by atoms with Crippen LogP contribution in [0.4, 0.5) is 52.7 Å². The fourth-order valence-electron chi connectivity index (χ4n) is 12.3. The Hall–Kier alpha value is -7.58. The molecule has 1 unspecified atom stereocenters. The van der Waals surface area contributed by atoms with Crippen LogP contribution in [0.2, 0.25) is 0 Å². The number of nitrogens with two attached hydrogens (primary N) is 1. The van der Waals surface area contributed by atoms with Crippen LogP contribution in [0.15, 0.2) is 243 Å². The number of aliphatic hydroxyl groups is 1. The topological polar surface area (TPSA) is 137 Å². The molecule has 108 heavy (non-hydrogen) atoms. The van der Waals surface area contributed by atoms with Crippen LogP contribution in [0.25, 0.3) is 0 Å². The molecule has 0 bridgehead atoms. The molecule has 0 saturated carbocycles. The van der Waals surface area contributed by atoms with Gasteiger partial charge in [-0.15, -0.1) is 0 Å². The molecule has 10 rings (SSSR count). The van der Waals surface area contributed by atoms with E-state index in [4.69, 9.17) is 48.7 Å². The molecule has 25 heteroatoms. The zero-order chi connectivity index (χ0) is 78.1. The van der Waals surface area contributed by atoms with Gasteiger partial charge in [-0.05, 0) is 97.8 Å². The number of carbonyl (C=O) groups is 1. The van der Waals surface area contributed by atoms with Crippen molar-refractivity contribution >= 4 is 42.7 Å². The third-order valence-electron chi connectivity index (χ3n) is 18.3. The van der Waals surface area contributed by atoms with Crippen molar-refractivity contribution in [1.29, 1.82) is 0 Å². The zero-order valence-corrected chi connectivity index (χ0v) is 62.3. The number of ether oxygens (including phenoxy) is 8. The summed E-state index contributed by atoms with van der Waals surface area (Å²) in [5.41, 5.74) is -0.651. The summed E-state index contributed by atoms with van der Waals surface area (Å²) in [6.45, 7) is 6.97. The van der Waals surface area contributed by atoms with E-state index in [1.165, 1.54) is 35.8 Å². The van der Waals surface area contributed by atoms with Crippen molar-refractivity contribution < 1.29 is 100 Å². The summed E-state index contributed by atoms with van der Waals surface area (Å²) in [6.07, 6.45) is -12.0. The molecule has 0 spiro atoms. The normalized spacial score (nSPS) is 16.7. The number of aliphatic hydroxyl groups excluding tert-OH is 1. The van der Waals surface area contributed by atoms with E-state index in [9.17, 15) is 57.5 Å². The Labute approximate surface area is 630 Å². The van der Waals surface area contributed by atoms with Gasteiger partial charge in [-0.1, -0.05) is 115 Å². The monoisotopic (exact) mass is 1600 g/mol. The van der Waals surface area contributed by atoms with Crippen LogP contribution in [0.3, 0.4) is 0 Å². The van der Waals surface area contributed by atoms with Gasteiger partial charge in [0.25, 0.3) is 0 Å². The number of hydrogen-bond donors (Lipinski definition) is 2. The van der Waals surface area contributed by atoms with Gasteiger partial charge < -0.3 is 39.3 Å². The van der Waals surface area contributed by atoms with E-state index >= 15 is 0 Å². The van der Waals surface area contributed by atoms with Gasteiger partial charge in [0.1, 0.15) is 18.2 Å².